The minimum absolute atomic E-state index is 0.0741. The summed E-state index contributed by atoms with van der Waals surface area (Å²) >= 11 is 18.7. The van der Waals surface area contributed by atoms with Gasteiger partial charge in [-0.25, -0.2) is 4.98 Å². The highest BCUT2D eigenvalue weighted by atomic mass is 35.5. The molecule has 152 valence electrons. The summed E-state index contributed by atoms with van der Waals surface area (Å²) in [7, 11) is 4.42. The third kappa shape index (κ3) is 4.48. The number of hydrogen-bond donors (Lipinski definition) is 2. The molecule has 0 saturated heterocycles. The molecule has 0 fully saturated rings. The highest BCUT2D eigenvalue weighted by molar-refractivity contribution is 7.80. The number of thiazole rings is 1. The number of anilines is 1. The van der Waals surface area contributed by atoms with Crippen molar-refractivity contribution in [1.29, 1.82) is 0 Å². The number of nitrogens with zero attached hydrogens (tertiary/aromatic N) is 1. The number of ether oxygens (including phenoxy) is 3. The third-order valence-corrected chi connectivity index (χ3v) is 5.76. The molecular weight excluding hydrogens is 457 g/mol. The first-order valence-corrected chi connectivity index (χ1v) is 10.0. The molecule has 11 heteroatoms. The number of rotatable bonds is 5. The molecule has 0 spiro atoms. The van der Waals surface area contributed by atoms with E-state index in [1.807, 2.05) is 6.07 Å². The van der Waals surface area contributed by atoms with Crippen LogP contribution in [0.25, 0.3) is 10.2 Å². The second-order valence-electron chi connectivity index (χ2n) is 5.55. The molecule has 0 bridgehead atoms. The summed E-state index contributed by atoms with van der Waals surface area (Å²) in [5, 5.41) is 6.79. The number of aromatic nitrogens is 1. The van der Waals surface area contributed by atoms with Crippen molar-refractivity contribution in [3.8, 4) is 17.2 Å². The molecule has 0 atom stereocenters. The van der Waals surface area contributed by atoms with Crippen LogP contribution >= 0.6 is 46.8 Å². The van der Waals surface area contributed by atoms with Gasteiger partial charge in [0.15, 0.2) is 21.7 Å². The summed E-state index contributed by atoms with van der Waals surface area (Å²) < 4.78 is 16.6. The van der Waals surface area contributed by atoms with Crippen molar-refractivity contribution in [1.82, 2.24) is 10.3 Å². The molecule has 0 aliphatic rings. The number of carbonyl (C=O) groups excluding carboxylic acids is 1. The zero-order chi connectivity index (χ0) is 21.1. The molecule has 2 aromatic carbocycles. The van der Waals surface area contributed by atoms with Gasteiger partial charge in [-0.3, -0.25) is 10.1 Å². The van der Waals surface area contributed by atoms with Crippen LogP contribution in [0.5, 0.6) is 17.2 Å². The van der Waals surface area contributed by atoms with Crippen LogP contribution in [0.3, 0.4) is 0 Å². The van der Waals surface area contributed by atoms with Crippen LogP contribution in [-0.2, 0) is 0 Å². The Hall–Kier alpha value is -2.33. The number of nitrogens with one attached hydrogen (secondary N) is 2. The summed E-state index contributed by atoms with van der Waals surface area (Å²) in [6, 6.07) is 6.56. The Balaban J connectivity index is 1.77. The SMILES string of the molecule is COc1cc(C(=O)NC(=S)Nc2nc3c(Cl)c(Cl)ccc3s2)cc(OC)c1OC. The number of hydrogen-bond acceptors (Lipinski definition) is 7. The maximum Gasteiger partial charge on any atom is 0.257 e. The van der Waals surface area contributed by atoms with Gasteiger partial charge in [-0.15, -0.1) is 0 Å². The van der Waals surface area contributed by atoms with Crippen LogP contribution in [0.4, 0.5) is 5.13 Å². The number of thiocarbonyl (C=S) groups is 1. The van der Waals surface area contributed by atoms with E-state index in [0.29, 0.717) is 37.9 Å². The molecule has 3 rings (SSSR count). The van der Waals surface area contributed by atoms with Crippen LogP contribution < -0.4 is 24.8 Å². The molecular formula is C18H15Cl2N3O4S2. The Morgan fingerprint density at radius 1 is 1.10 bits per heavy atom. The molecule has 2 N–H and O–H groups in total. The number of halogens is 2. The second-order valence-corrected chi connectivity index (χ2v) is 7.77. The molecule has 0 aliphatic carbocycles. The molecule has 1 heterocycles. The van der Waals surface area contributed by atoms with E-state index in [1.165, 1.54) is 44.8 Å². The van der Waals surface area contributed by atoms with Gasteiger partial charge in [-0.05, 0) is 36.5 Å². The number of amides is 1. The van der Waals surface area contributed by atoms with Crippen molar-refractivity contribution in [3.05, 3.63) is 39.9 Å². The van der Waals surface area contributed by atoms with E-state index < -0.39 is 5.91 Å². The van der Waals surface area contributed by atoms with Crippen LogP contribution in [0.15, 0.2) is 24.3 Å². The van der Waals surface area contributed by atoms with Crippen LogP contribution in [0, 0.1) is 0 Å². The number of carbonyl (C=O) groups is 1. The summed E-state index contributed by atoms with van der Waals surface area (Å²) in [5.41, 5.74) is 0.841. The molecule has 0 unspecified atom stereocenters. The van der Waals surface area contributed by atoms with Crippen LogP contribution in [0.2, 0.25) is 10.0 Å². The summed E-state index contributed by atoms with van der Waals surface area (Å²) in [5.74, 6) is 0.642. The van der Waals surface area contributed by atoms with E-state index in [2.05, 4.69) is 15.6 Å². The van der Waals surface area contributed by atoms with E-state index >= 15 is 0 Å². The Bertz CT molecular complexity index is 1080. The topological polar surface area (TPSA) is 81.7 Å². The Morgan fingerprint density at radius 3 is 2.34 bits per heavy atom. The highest BCUT2D eigenvalue weighted by Gasteiger charge is 2.18. The molecule has 29 heavy (non-hydrogen) atoms. The Morgan fingerprint density at radius 2 is 1.76 bits per heavy atom. The van der Waals surface area contributed by atoms with E-state index in [4.69, 9.17) is 49.6 Å². The molecule has 1 amide bonds. The lowest BCUT2D eigenvalue weighted by molar-refractivity contribution is 0.0977. The third-order valence-electron chi connectivity index (χ3n) is 3.83. The molecule has 0 radical (unpaired) electrons. The Kier molecular flexibility index (Phi) is 6.63. The van der Waals surface area contributed by atoms with Crippen LogP contribution in [-0.4, -0.2) is 37.3 Å². The van der Waals surface area contributed by atoms with Crippen molar-refractivity contribution in [3.63, 3.8) is 0 Å². The van der Waals surface area contributed by atoms with Crippen molar-refractivity contribution < 1.29 is 19.0 Å². The fourth-order valence-corrected chi connectivity index (χ4v) is 4.05. The largest absolute Gasteiger partial charge is 0.493 e. The van der Waals surface area contributed by atoms with Gasteiger partial charge >= 0.3 is 0 Å². The Labute approximate surface area is 185 Å². The summed E-state index contributed by atoms with van der Waals surface area (Å²) in [6.45, 7) is 0. The van der Waals surface area contributed by atoms with Gasteiger partial charge in [0.05, 0.1) is 36.1 Å². The fourth-order valence-electron chi connectivity index (χ4n) is 2.51. The minimum atomic E-state index is -0.455. The van der Waals surface area contributed by atoms with E-state index in [-0.39, 0.29) is 10.7 Å². The first-order valence-electron chi connectivity index (χ1n) is 8.04. The molecule has 0 saturated carbocycles. The van der Waals surface area contributed by atoms with Gasteiger partial charge in [-0.1, -0.05) is 34.5 Å². The quantitative estimate of drug-likeness (QED) is 0.519. The fraction of sp³-hybridized carbons (Fsp3) is 0.167. The first-order chi connectivity index (χ1) is 13.9. The number of fused-ring (bicyclic) bond motifs is 1. The van der Waals surface area contributed by atoms with Gasteiger partial charge in [0, 0.05) is 5.56 Å². The zero-order valence-corrected chi connectivity index (χ0v) is 18.6. The van der Waals surface area contributed by atoms with Gasteiger partial charge in [0.2, 0.25) is 5.75 Å². The van der Waals surface area contributed by atoms with Crippen molar-refractivity contribution >= 4 is 73.1 Å². The lowest BCUT2D eigenvalue weighted by Gasteiger charge is -2.14. The van der Waals surface area contributed by atoms with E-state index in [1.54, 1.807) is 6.07 Å². The summed E-state index contributed by atoms with van der Waals surface area (Å²) in [6.07, 6.45) is 0. The molecule has 3 aromatic rings. The van der Waals surface area contributed by atoms with Crippen molar-refractivity contribution in [2.75, 3.05) is 26.6 Å². The van der Waals surface area contributed by atoms with Gasteiger partial charge in [-0.2, -0.15) is 0 Å². The van der Waals surface area contributed by atoms with E-state index in [0.717, 1.165) is 4.70 Å². The second kappa shape index (κ2) is 9.00. The minimum Gasteiger partial charge on any atom is -0.493 e. The standard InChI is InChI=1S/C18H15Cl2N3O4S2/c1-25-10-6-8(7-11(26-2)15(10)27-3)16(24)22-17(28)23-18-21-14-12(29-18)5-4-9(19)13(14)20/h4-7H,1-3H3,(H2,21,22,23,24,28). The first kappa shape index (κ1) is 21.4. The normalized spacial score (nSPS) is 10.5. The lowest BCUT2D eigenvalue weighted by atomic mass is 10.1. The van der Waals surface area contributed by atoms with Gasteiger partial charge < -0.3 is 19.5 Å². The lowest BCUT2D eigenvalue weighted by Crippen LogP contribution is -2.34. The number of methoxy groups -OCH3 is 3. The predicted octanol–water partition coefficient (Wildman–Crippen LogP) is 4.76. The average Bonchev–Trinajstić information content (AvgIpc) is 3.12. The van der Waals surface area contributed by atoms with Gasteiger partial charge in [0.25, 0.3) is 5.91 Å². The smallest absolute Gasteiger partial charge is 0.257 e. The number of benzene rings is 2. The maximum absolute atomic E-state index is 12.6. The predicted molar refractivity (Wildman–Crippen MR) is 119 cm³/mol. The van der Waals surface area contributed by atoms with Gasteiger partial charge in [0.1, 0.15) is 5.52 Å². The monoisotopic (exact) mass is 471 g/mol. The summed E-state index contributed by atoms with van der Waals surface area (Å²) in [4.78, 5) is 17.0. The zero-order valence-electron chi connectivity index (χ0n) is 15.5. The van der Waals surface area contributed by atoms with Crippen LogP contribution in [0.1, 0.15) is 10.4 Å². The maximum atomic E-state index is 12.6. The molecule has 7 nitrogen and oxygen atoms in total. The van der Waals surface area contributed by atoms with Crippen molar-refractivity contribution in [2.24, 2.45) is 0 Å². The molecule has 1 aromatic heterocycles. The average molecular weight is 472 g/mol. The van der Waals surface area contributed by atoms with Crippen molar-refractivity contribution in [2.45, 2.75) is 0 Å². The highest BCUT2D eigenvalue weighted by Crippen LogP contribution is 2.38. The van der Waals surface area contributed by atoms with E-state index in [9.17, 15) is 4.79 Å². The molecule has 0 aliphatic heterocycles.